The fourth-order valence-electron chi connectivity index (χ4n) is 2.28. The van der Waals surface area contributed by atoms with E-state index < -0.39 is 0 Å². The van der Waals surface area contributed by atoms with Crippen molar-refractivity contribution in [2.45, 2.75) is 39.7 Å². The molecule has 6 heteroatoms. The predicted octanol–water partition coefficient (Wildman–Crippen LogP) is 2.62. The molecule has 26 heavy (non-hydrogen) atoms. The number of nitrogens with one attached hydrogen (secondary N) is 2. The molecule has 0 aromatic heterocycles. The van der Waals surface area contributed by atoms with E-state index >= 15 is 0 Å². The average Bonchev–Trinajstić information content (AvgIpc) is 2.62. The van der Waals surface area contributed by atoms with Gasteiger partial charge in [-0.05, 0) is 51.3 Å². The lowest BCUT2D eigenvalue weighted by Gasteiger charge is -2.12. The smallest absolute Gasteiger partial charge is 0.191 e. The number of methoxy groups -OCH3 is 1. The minimum absolute atomic E-state index is 0.201. The van der Waals surface area contributed by atoms with Crippen molar-refractivity contribution in [2.24, 2.45) is 4.99 Å². The van der Waals surface area contributed by atoms with Gasteiger partial charge < -0.3 is 24.8 Å². The van der Waals surface area contributed by atoms with Crippen molar-refractivity contribution in [2.75, 3.05) is 46.6 Å². The van der Waals surface area contributed by atoms with Crippen LogP contribution in [0, 0.1) is 0 Å². The highest BCUT2D eigenvalue weighted by Crippen LogP contribution is 2.13. The van der Waals surface area contributed by atoms with Crippen LogP contribution in [0.4, 0.5) is 0 Å². The summed E-state index contributed by atoms with van der Waals surface area (Å²) < 4.78 is 16.1. The summed E-state index contributed by atoms with van der Waals surface area (Å²) in [5.74, 6) is 1.77. The lowest BCUT2D eigenvalue weighted by atomic mass is 10.1. The predicted molar refractivity (Wildman–Crippen MR) is 107 cm³/mol. The molecular weight excluding hydrogens is 330 g/mol. The molecule has 0 bridgehead atoms. The molecule has 0 aliphatic rings. The van der Waals surface area contributed by atoms with Gasteiger partial charge in [-0.25, -0.2) is 0 Å². The van der Waals surface area contributed by atoms with Crippen molar-refractivity contribution in [1.29, 1.82) is 0 Å². The van der Waals surface area contributed by atoms with E-state index in [4.69, 9.17) is 14.2 Å². The van der Waals surface area contributed by atoms with E-state index in [2.05, 4.69) is 34.7 Å². The molecule has 0 atom stereocenters. The number of hydrogen-bond donors (Lipinski definition) is 2. The second kappa shape index (κ2) is 14.4. The highest BCUT2D eigenvalue weighted by Gasteiger charge is 2.00. The van der Waals surface area contributed by atoms with E-state index in [1.165, 1.54) is 5.56 Å². The monoisotopic (exact) mass is 365 g/mol. The third-order valence-corrected chi connectivity index (χ3v) is 3.49. The number of hydrogen-bond acceptors (Lipinski definition) is 4. The lowest BCUT2D eigenvalue weighted by Crippen LogP contribution is -2.38. The molecule has 0 saturated carbocycles. The molecule has 1 aromatic rings. The maximum Gasteiger partial charge on any atom is 0.191 e. The number of nitrogens with zero attached hydrogens (tertiary/aromatic N) is 1. The zero-order valence-electron chi connectivity index (χ0n) is 16.7. The van der Waals surface area contributed by atoms with Gasteiger partial charge in [-0.2, -0.15) is 0 Å². The van der Waals surface area contributed by atoms with E-state index in [0.717, 1.165) is 44.2 Å². The second-order valence-corrected chi connectivity index (χ2v) is 6.21. The number of guanidine groups is 1. The normalized spacial score (nSPS) is 11.7. The minimum Gasteiger partial charge on any atom is -0.491 e. The Balaban J connectivity index is 2.28. The summed E-state index contributed by atoms with van der Waals surface area (Å²) in [5, 5.41) is 6.64. The summed E-state index contributed by atoms with van der Waals surface area (Å²) in [6, 6.07) is 8.28. The molecule has 0 amide bonds. The van der Waals surface area contributed by atoms with Crippen molar-refractivity contribution < 1.29 is 14.2 Å². The highest BCUT2D eigenvalue weighted by molar-refractivity contribution is 5.79. The Morgan fingerprint density at radius 1 is 1.08 bits per heavy atom. The molecule has 1 rings (SSSR count). The quantitative estimate of drug-likeness (QED) is 0.320. The zero-order valence-corrected chi connectivity index (χ0v) is 16.7. The van der Waals surface area contributed by atoms with Crippen LogP contribution in [0.25, 0.3) is 0 Å². The molecule has 0 aliphatic heterocycles. The lowest BCUT2D eigenvalue weighted by molar-refractivity contribution is 0.0702. The van der Waals surface area contributed by atoms with E-state index in [0.29, 0.717) is 19.8 Å². The van der Waals surface area contributed by atoms with Crippen LogP contribution in [0.3, 0.4) is 0 Å². The van der Waals surface area contributed by atoms with Crippen LogP contribution in [0.5, 0.6) is 5.75 Å². The number of ether oxygens (including phenoxy) is 3. The van der Waals surface area contributed by atoms with Gasteiger partial charge in [0.25, 0.3) is 0 Å². The molecule has 0 saturated heterocycles. The fourth-order valence-corrected chi connectivity index (χ4v) is 2.28. The molecule has 0 spiro atoms. The first kappa shape index (κ1) is 22.3. The molecule has 0 aliphatic carbocycles. The molecular formula is C20H35N3O3. The van der Waals surface area contributed by atoms with Crippen molar-refractivity contribution in [3.05, 3.63) is 29.8 Å². The van der Waals surface area contributed by atoms with Gasteiger partial charge in [0.1, 0.15) is 5.75 Å². The largest absolute Gasteiger partial charge is 0.491 e. The van der Waals surface area contributed by atoms with Crippen LogP contribution >= 0.6 is 0 Å². The maximum absolute atomic E-state index is 5.67. The number of benzene rings is 1. The van der Waals surface area contributed by atoms with Gasteiger partial charge in [0.05, 0.1) is 19.3 Å². The van der Waals surface area contributed by atoms with Gasteiger partial charge in [0.15, 0.2) is 5.96 Å². The standard InChI is InChI=1S/C20H35N3O3/c1-5-21-20(22-12-6-14-25-16-15-24-4)23-13-11-18-7-9-19(10-8-18)26-17(2)3/h7-10,17H,5-6,11-16H2,1-4H3,(H2,21,22,23). The third kappa shape index (κ3) is 10.9. The minimum atomic E-state index is 0.201. The van der Waals surface area contributed by atoms with E-state index in [9.17, 15) is 0 Å². The van der Waals surface area contributed by atoms with Crippen LogP contribution in [-0.2, 0) is 15.9 Å². The zero-order chi connectivity index (χ0) is 19.0. The Hall–Kier alpha value is -1.79. The summed E-state index contributed by atoms with van der Waals surface area (Å²) >= 11 is 0. The fraction of sp³-hybridized carbons (Fsp3) is 0.650. The highest BCUT2D eigenvalue weighted by atomic mass is 16.5. The topological polar surface area (TPSA) is 64.1 Å². The van der Waals surface area contributed by atoms with Gasteiger partial charge in [-0.15, -0.1) is 0 Å². The van der Waals surface area contributed by atoms with Gasteiger partial charge in [-0.3, -0.25) is 4.99 Å². The molecule has 148 valence electrons. The van der Waals surface area contributed by atoms with Gasteiger partial charge in [0, 0.05) is 33.4 Å². The van der Waals surface area contributed by atoms with Gasteiger partial charge in [0.2, 0.25) is 0 Å². The first-order valence-corrected chi connectivity index (χ1v) is 9.50. The van der Waals surface area contributed by atoms with Crippen molar-refractivity contribution in [3.63, 3.8) is 0 Å². The molecule has 0 radical (unpaired) electrons. The Bertz CT molecular complexity index is 490. The SMILES string of the molecule is CCNC(=NCCCOCCOC)NCCc1ccc(OC(C)C)cc1. The second-order valence-electron chi connectivity index (χ2n) is 6.21. The van der Waals surface area contributed by atoms with E-state index in [1.54, 1.807) is 7.11 Å². The Kier molecular flexibility index (Phi) is 12.3. The molecule has 0 heterocycles. The number of rotatable bonds is 13. The first-order chi connectivity index (χ1) is 12.7. The maximum atomic E-state index is 5.67. The van der Waals surface area contributed by atoms with Gasteiger partial charge in [-0.1, -0.05) is 12.1 Å². The molecule has 0 fully saturated rings. The van der Waals surface area contributed by atoms with Crippen LogP contribution in [0.15, 0.2) is 29.3 Å². The Morgan fingerprint density at radius 2 is 1.85 bits per heavy atom. The molecule has 2 N–H and O–H groups in total. The average molecular weight is 366 g/mol. The Morgan fingerprint density at radius 3 is 2.50 bits per heavy atom. The third-order valence-electron chi connectivity index (χ3n) is 3.49. The van der Waals surface area contributed by atoms with Gasteiger partial charge >= 0.3 is 0 Å². The summed E-state index contributed by atoms with van der Waals surface area (Å²) in [5.41, 5.74) is 1.27. The number of aliphatic imine (C=N–C) groups is 1. The molecule has 6 nitrogen and oxygen atoms in total. The van der Waals surface area contributed by atoms with Crippen LogP contribution in [-0.4, -0.2) is 58.6 Å². The summed E-state index contributed by atoms with van der Waals surface area (Å²) in [6.07, 6.45) is 2.04. The van der Waals surface area contributed by atoms with Crippen LogP contribution in [0.2, 0.25) is 0 Å². The van der Waals surface area contributed by atoms with Crippen molar-refractivity contribution in [1.82, 2.24) is 10.6 Å². The summed E-state index contributed by atoms with van der Waals surface area (Å²) in [7, 11) is 1.68. The molecule has 0 unspecified atom stereocenters. The van der Waals surface area contributed by atoms with Crippen LogP contribution < -0.4 is 15.4 Å². The van der Waals surface area contributed by atoms with Crippen molar-refractivity contribution >= 4 is 5.96 Å². The Labute approximate surface area is 158 Å². The first-order valence-electron chi connectivity index (χ1n) is 9.50. The van der Waals surface area contributed by atoms with E-state index in [1.807, 2.05) is 26.0 Å². The van der Waals surface area contributed by atoms with Crippen molar-refractivity contribution in [3.8, 4) is 5.75 Å². The van der Waals surface area contributed by atoms with Crippen LogP contribution in [0.1, 0.15) is 32.8 Å². The summed E-state index contributed by atoms with van der Waals surface area (Å²) in [4.78, 5) is 4.57. The summed E-state index contributed by atoms with van der Waals surface area (Å²) in [6.45, 7) is 10.5. The van der Waals surface area contributed by atoms with E-state index in [-0.39, 0.29) is 6.10 Å². The molecule has 1 aromatic carbocycles.